The normalized spacial score (nSPS) is 16.8. The fourth-order valence-corrected chi connectivity index (χ4v) is 6.86. The zero-order chi connectivity index (χ0) is 22.7. The van der Waals surface area contributed by atoms with E-state index in [1.807, 2.05) is 24.3 Å². The number of sulfonamides is 1. The predicted molar refractivity (Wildman–Crippen MR) is 126 cm³/mol. The Balaban J connectivity index is 1.36. The third-order valence-electron chi connectivity index (χ3n) is 5.06. The number of ether oxygens (including phenoxy) is 1. The molecule has 32 heavy (non-hydrogen) atoms. The number of halogens is 2. The lowest BCUT2D eigenvalue weighted by Crippen LogP contribution is -2.45. The van der Waals surface area contributed by atoms with Crippen molar-refractivity contribution in [1.29, 1.82) is 0 Å². The molecule has 10 heteroatoms. The molecule has 3 aromatic rings. The van der Waals surface area contributed by atoms with Crippen LogP contribution in [0.25, 0.3) is 0 Å². The lowest BCUT2D eigenvalue weighted by molar-refractivity contribution is -0.124. The molecule has 6 nitrogen and oxygen atoms in total. The van der Waals surface area contributed by atoms with E-state index in [1.165, 1.54) is 10.4 Å². The fourth-order valence-electron chi connectivity index (χ4n) is 3.46. The second-order valence-corrected chi connectivity index (χ2v) is 11.5. The van der Waals surface area contributed by atoms with Crippen molar-refractivity contribution in [3.63, 3.8) is 0 Å². The molecule has 1 N–H and O–H groups in total. The molecule has 0 spiro atoms. The standard InChI is InChI=1S/C22H20Cl2N2O4S2/c23-16-5-9-18(10-6-16)30-17-7-3-15(4-8-17)14-25-22(27)19-2-1-13-26(19)32(28,29)21-12-11-20(24)31-21/h3-12,19H,1-2,13-14H2,(H,25,27)/t19-/m0/s1. The number of hydrogen-bond donors (Lipinski definition) is 1. The summed E-state index contributed by atoms with van der Waals surface area (Å²) in [5.74, 6) is 1.02. The van der Waals surface area contributed by atoms with Gasteiger partial charge in [-0.3, -0.25) is 4.79 Å². The first kappa shape index (κ1) is 23.1. The Labute approximate surface area is 200 Å². The summed E-state index contributed by atoms with van der Waals surface area (Å²) in [7, 11) is -3.75. The van der Waals surface area contributed by atoms with Crippen molar-refractivity contribution in [1.82, 2.24) is 9.62 Å². The Hall–Kier alpha value is -2.10. The van der Waals surface area contributed by atoms with Gasteiger partial charge in [0, 0.05) is 18.1 Å². The summed E-state index contributed by atoms with van der Waals surface area (Å²) < 4.78 is 33.4. The summed E-state index contributed by atoms with van der Waals surface area (Å²) in [5, 5.41) is 3.49. The molecule has 2 aromatic carbocycles. The van der Waals surface area contributed by atoms with Crippen LogP contribution in [0.15, 0.2) is 64.9 Å². The first-order valence-electron chi connectivity index (χ1n) is 9.90. The van der Waals surface area contributed by atoms with Crippen LogP contribution in [0, 0.1) is 0 Å². The maximum absolute atomic E-state index is 12.9. The summed E-state index contributed by atoms with van der Waals surface area (Å²) in [6, 6.07) is 16.7. The van der Waals surface area contributed by atoms with Crippen molar-refractivity contribution in [2.45, 2.75) is 29.6 Å². The van der Waals surface area contributed by atoms with Crippen LogP contribution in [0.3, 0.4) is 0 Å². The minimum atomic E-state index is -3.75. The van der Waals surface area contributed by atoms with Crippen molar-refractivity contribution < 1.29 is 17.9 Å². The van der Waals surface area contributed by atoms with E-state index in [4.69, 9.17) is 27.9 Å². The predicted octanol–water partition coefficient (Wildman–Crippen LogP) is 5.32. The third kappa shape index (κ3) is 5.27. The number of carbonyl (C=O) groups excluding carboxylic acids is 1. The molecule has 4 rings (SSSR count). The molecule has 1 aromatic heterocycles. The summed E-state index contributed by atoms with van der Waals surface area (Å²) in [6.07, 6.45) is 1.12. The number of nitrogens with zero attached hydrogens (tertiary/aromatic N) is 1. The lowest BCUT2D eigenvalue weighted by Gasteiger charge is -2.22. The molecule has 0 saturated carbocycles. The van der Waals surface area contributed by atoms with Crippen LogP contribution in [-0.2, 0) is 21.4 Å². The van der Waals surface area contributed by atoms with E-state index in [0.717, 1.165) is 16.9 Å². The maximum Gasteiger partial charge on any atom is 0.253 e. The molecule has 1 saturated heterocycles. The van der Waals surface area contributed by atoms with Gasteiger partial charge in [0.25, 0.3) is 10.0 Å². The van der Waals surface area contributed by atoms with E-state index >= 15 is 0 Å². The highest BCUT2D eigenvalue weighted by atomic mass is 35.5. The number of nitrogens with one attached hydrogen (secondary N) is 1. The Morgan fingerprint density at radius 2 is 1.69 bits per heavy atom. The molecular formula is C22H20Cl2N2O4S2. The van der Waals surface area contributed by atoms with Gasteiger partial charge in [-0.05, 0) is 66.9 Å². The van der Waals surface area contributed by atoms with Crippen molar-refractivity contribution in [2.24, 2.45) is 0 Å². The molecule has 168 valence electrons. The summed E-state index contributed by atoms with van der Waals surface area (Å²) in [4.78, 5) is 12.8. The van der Waals surface area contributed by atoms with Gasteiger partial charge in [-0.15, -0.1) is 11.3 Å². The number of benzene rings is 2. The largest absolute Gasteiger partial charge is 0.457 e. The Kier molecular flexibility index (Phi) is 7.07. The summed E-state index contributed by atoms with van der Waals surface area (Å²) in [5.41, 5.74) is 0.874. The van der Waals surface area contributed by atoms with Crippen LogP contribution in [0.2, 0.25) is 9.36 Å². The highest BCUT2D eigenvalue weighted by molar-refractivity contribution is 7.91. The zero-order valence-electron chi connectivity index (χ0n) is 16.8. The molecule has 0 unspecified atom stereocenters. The number of hydrogen-bond acceptors (Lipinski definition) is 5. The third-order valence-corrected chi connectivity index (χ3v) is 8.92. The van der Waals surface area contributed by atoms with E-state index in [9.17, 15) is 13.2 Å². The number of carbonyl (C=O) groups is 1. The van der Waals surface area contributed by atoms with Crippen molar-refractivity contribution in [3.05, 3.63) is 75.6 Å². The summed E-state index contributed by atoms with van der Waals surface area (Å²) >= 11 is 12.8. The molecule has 2 heterocycles. The molecule has 1 aliphatic heterocycles. The van der Waals surface area contributed by atoms with E-state index in [2.05, 4.69) is 5.32 Å². The average Bonchev–Trinajstić information content (AvgIpc) is 3.45. The van der Waals surface area contributed by atoms with Crippen molar-refractivity contribution >= 4 is 50.5 Å². The first-order chi connectivity index (χ1) is 15.3. The van der Waals surface area contributed by atoms with Gasteiger partial charge in [0.05, 0.1) is 4.34 Å². The van der Waals surface area contributed by atoms with E-state index in [1.54, 1.807) is 30.3 Å². The molecule has 0 bridgehead atoms. The van der Waals surface area contributed by atoms with Crippen LogP contribution < -0.4 is 10.1 Å². The van der Waals surface area contributed by atoms with Gasteiger partial charge in [-0.1, -0.05) is 35.3 Å². The van der Waals surface area contributed by atoms with Gasteiger partial charge in [-0.2, -0.15) is 4.31 Å². The van der Waals surface area contributed by atoms with Gasteiger partial charge in [0.1, 0.15) is 21.8 Å². The maximum atomic E-state index is 12.9. The van der Waals surface area contributed by atoms with Crippen molar-refractivity contribution in [2.75, 3.05) is 6.54 Å². The number of thiophene rings is 1. The second kappa shape index (κ2) is 9.80. The molecule has 1 aliphatic rings. The lowest BCUT2D eigenvalue weighted by atomic mass is 10.2. The quantitative estimate of drug-likeness (QED) is 0.466. The average molecular weight is 511 g/mol. The van der Waals surface area contributed by atoms with Crippen LogP contribution >= 0.6 is 34.5 Å². The zero-order valence-corrected chi connectivity index (χ0v) is 20.0. The summed E-state index contributed by atoms with van der Waals surface area (Å²) in [6.45, 7) is 0.599. The molecule has 1 fully saturated rings. The highest BCUT2D eigenvalue weighted by Gasteiger charge is 2.39. The van der Waals surface area contributed by atoms with Gasteiger partial charge in [0.2, 0.25) is 5.91 Å². The number of rotatable bonds is 7. The Morgan fingerprint density at radius 3 is 2.31 bits per heavy atom. The SMILES string of the molecule is O=C(NCc1ccc(Oc2ccc(Cl)cc2)cc1)[C@@H]1CCCN1S(=O)(=O)c1ccc(Cl)s1. The minimum absolute atomic E-state index is 0.151. The van der Waals surface area contributed by atoms with Crippen LogP contribution in [0.4, 0.5) is 0 Å². The van der Waals surface area contributed by atoms with E-state index in [0.29, 0.717) is 40.2 Å². The molecule has 0 radical (unpaired) electrons. The molecule has 1 atom stereocenters. The van der Waals surface area contributed by atoms with Crippen LogP contribution in [0.5, 0.6) is 11.5 Å². The van der Waals surface area contributed by atoms with E-state index < -0.39 is 16.1 Å². The molecular weight excluding hydrogens is 491 g/mol. The first-order valence-corrected chi connectivity index (χ1v) is 12.9. The number of amides is 1. The Morgan fingerprint density at radius 1 is 1.03 bits per heavy atom. The minimum Gasteiger partial charge on any atom is -0.457 e. The highest BCUT2D eigenvalue weighted by Crippen LogP contribution is 2.32. The Bertz CT molecular complexity index is 1200. The molecule has 0 aliphatic carbocycles. The topological polar surface area (TPSA) is 75.7 Å². The smallest absolute Gasteiger partial charge is 0.253 e. The van der Waals surface area contributed by atoms with Crippen molar-refractivity contribution in [3.8, 4) is 11.5 Å². The second-order valence-electron chi connectivity index (χ2n) is 7.25. The molecule has 1 amide bonds. The fraction of sp³-hybridized carbons (Fsp3) is 0.227. The van der Waals surface area contributed by atoms with Crippen LogP contribution in [-0.4, -0.2) is 31.2 Å². The van der Waals surface area contributed by atoms with Gasteiger partial charge in [-0.25, -0.2) is 8.42 Å². The van der Waals surface area contributed by atoms with Gasteiger partial charge < -0.3 is 10.1 Å². The van der Waals surface area contributed by atoms with Gasteiger partial charge in [0.15, 0.2) is 0 Å². The van der Waals surface area contributed by atoms with Gasteiger partial charge >= 0.3 is 0 Å². The van der Waals surface area contributed by atoms with Crippen LogP contribution in [0.1, 0.15) is 18.4 Å². The van der Waals surface area contributed by atoms with E-state index in [-0.39, 0.29) is 16.7 Å². The monoisotopic (exact) mass is 510 g/mol.